The fraction of sp³-hybridized carbons (Fsp3) is 0.600. The average Bonchev–Trinajstić information content (AvgIpc) is 2.70. The van der Waals surface area contributed by atoms with Gasteiger partial charge in [0, 0.05) is 33.3 Å². The molecule has 0 fully saturated rings. The standard InChI is InChI=1S/C20H33FN4O3.HI/c1-3-4-12-27-14-15-28-13-11-25-20(22-2)24-10-9-23-19(26)16-17-5-7-18(21)8-6-17;/h5-8H,3-4,9-16H2,1-2H3,(H,23,26)(H2,22,24,25);1H. The predicted octanol–water partition coefficient (Wildman–Crippen LogP) is 2.10. The molecule has 3 N–H and O–H groups in total. The Labute approximate surface area is 190 Å². The van der Waals surface area contributed by atoms with Crippen molar-refractivity contribution in [2.75, 3.05) is 53.1 Å². The summed E-state index contributed by atoms with van der Waals surface area (Å²) in [7, 11) is 1.69. The van der Waals surface area contributed by atoms with Crippen LogP contribution in [0.3, 0.4) is 0 Å². The van der Waals surface area contributed by atoms with E-state index in [9.17, 15) is 9.18 Å². The summed E-state index contributed by atoms with van der Waals surface area (Å²) in [5.74, 6) is 0.236. The van der Waals surface area contributed by atoms with Crippen LogP contribution in [0.1, 0.15) is 25.3 Å². The molecule has 0 saturated carbocycles. The largest absolute Gasteiger partial charge is 0.379 e. The highest BCUT2D eigenvalue weighted by atomic mass is 127. The maximum absolute atomic E-state index is 12.8. The Kier molecular flexibility index (Phi) is 17.6. The summed E-state index contributed by atoms with van der Waals surface area (Å²) in [5.41, 5.74) is 0.778. The molecular weight excluding hydrogens is 490 g/mol. The van der Waals surface area contributed by atoms with Gasteiger partial charge in [-0.2, -0.15) is 0 Å². The Hall–Kier alpha value is -1.46. The zero-order valence-corrected chi connectivity index (χ0v) is 19.7. The van der Waals surface area contributed by atoms with E-state index in [-0.39, 0.29) is 42.1 Å². The first-order chi connectivity index (χ1) is 13.7. The van der Waals surface area contributed by atoms with E-state index in [1.54, 1.807) is 19.2 Å². The molecule has 29 heavy (non-hydrogen) atoms. The Morgan fingerprint density at radius 3 is 2.24 bits per heavy atom. The van der Waals surface area contributed by atoms with Gasteiger partial charge in [0.2, 0.25) is 5.91 Å². The van der Waals surface area contributed by atoms with Crippen molar-refractivity contribution >= 4 is 35.8 Å². The van der Waals surface area contributed by atoms with Gasteiger partial charge in [0.1, 0.15) is 5.82 Å². The zero-order valence-electron chi connectivity index (χ0n) is 17.3. The predicted molar refractivity (Wildman–Crippen MR) is 124 cm³/mol. The number of carbonyl (C=O) groups excluding carboxylic acids is 1. The first-order valence-electron chi connectivity index (χ1n) is 9.76. The highest BCUT2D eigenvalue weighted by Crippen LogP contribution is 2.03. The number of halogens is 2. The molecule has 0 bridgehead atoms. The van der Waals surface area contributed by atoms with Crippen LogP contribution in [0.25, 0.3) is 0 Å². The summed E-state index contributed by atoms with van der Waals surface area (Å²) in [6, 6.07) is 5.92. The molecule has 1 rings (SSSR count). The summed E-state index contributed by atoms with van der Waals surface area (Å²) in [4.78, 5) is 16.0. The van der Waals surface area contributed by atoms with Crippen LogP contribution < -0.4 is 16.0 Å². The first kappa shape index (κ1) is 27.5. The van der Waals surface area contributed by atoms with Gasteiger partial charge in [0.25, 0.3) is 0 Å². The van der Waals surface area contributed by atoms with Crippen LogP contribution in [0.4, 0.5) is 4.39 Å². The van der Waals surface area contributed by atoms with Crippen LogP contribution >= 0.6 is 24.0 Å². The van der Waals surface area contributed by atoms with Crippen molar-refractivity contribution in [1.82, 2.24) is 16.0 Å². The van der Waals surface area contributed by atoms with Gasteiger partial charge < -0.3 is 25.4 Å². The minimum absolute atomic E-state index is 0. The third-order valence-electron chi connectivity index (χ3n) is 3.79. The Morgan fingerprint density at radius 1 is 0.966 bits per heavy atom. The second-order valence-corrected chi connectivity index (χ2v) is 6.16. The molecule has 166 valence electrons. The minimum Gasteiger partial charge on any atom is -0.379 e. The SMILES string of the molecule is CCCCOCCOCCNC(=NC)NCCNC(=O)Cc1ccc(F)cc1.I. The van der Waals surface area contributed by atoms with Crippen molar-refractivity contribution in [1.29, 1.82) is 0 Å². The smallest absolute Gasteiger partial charge is 0.224 e. The number of hydrogen-bond acceptors (Lipinski definition) is 4. The maximum Gasteiger partial charge on any atom is 0.224 e. The summed E-state index contributed by atoms with van der Waals surface area (Å²) in [6.45, 7) is 6.32. The van der Waals surface area contributed by atoms with Crippen molar-refractivity contribution in [3.63, 3.8) is 0 Å². The lowest BCUT2D eigenvalue weighted by Gasteiger charge is -2.12. The number of carbonyl (C=O) groups is 1. The fourth-order valence-electron chi connectivity index (χ4n) is 2.26. The van der Waals surface area contributed by atoms with Gasteiger partial charge in [0.15, 0.2) is 5.96 Å². The summed E-state index contributed by atoms with van der Waals surface area (Å²) in [6.07, 6.45) is 2.44. The molecule has 0 saturated heterocycles. The number of guanidine groups is 1. The van der Waals surface area contributed by atoms with Crippen LogP contribution in [0, 0.1) is 5.82 Å². The lowest BCUT2D eigenvalue weighted by atomic mass is 10.1. The fourth-order valence-corrected chi connectivity index (χ4v) is 2.26. The molecule has 1 amide bonds. The topological polar surface area (TPSA) is 84.0 Å². The molecule has 1 aromatic carbocycles. The van der Waals surface area contributed by atoms with Crippen LogP contribution in [-0.4, -0.2) is 65.0 Å². The molecule has 0 aliphatic carbocycles. The molecule has 0 aliphatic rings. The monoisotopic (exact) mass is 524 g/mol. The molecule has 7 nitrogen and oxygen atoms in total. The van der Waals surface area contributed by atoms with Crippen molar-refractivity contribution < 1.29 is 18.7 Å². The minimum atomic E-state index is -0.307. The van der Waals surface area contributed by atoms with E-state index in [4.69, 9.17) is 9.47 Å². The van der Waals surface area contributed by atoms with Gasteiger partial charge in [-0.3, -0.25) is 9.79 Å². The number of benzene rings is 1. The maximum atomic E-state index is 12.8. The first-order valence-corrected chi connectivity index (χ1v) is 9.76. The molecule has 0 spiro atoms. The number of unbranched alkanes of at least 4 members (excludes halogenated alkanes) is 1. The molecule has 0 atom stereocenters. The number of hydrogen-bond donors (Lipinski definition) is 3. The van der Waals surface area contributed by atoms with E-state index >= 15 is 0 Å². The van der Waals surface area contributed by atoms with Crippen molar-refractivity contribution in [3.05, 3.63) is 35.6 Å². The van der Waals surface area contributed by atoms with E-state index in [1.807, 2.05) is 0 Å². The molecule has 0 aliphatic heterocycles. The number of aliphatic imine (C=N–C) groups is 1. The number of ether oxygens (including phenoxy) is 2. The summed E-state index contributed by atoms with van der Waals surface area (Å²) in [5, 5.41) is 9.07. The van der Waals surface area contributed by atoms with Gasteiger partial charge >= 0.3 is 0 Å². The second kappa shape index (κ2) is 18.6. The van der Waals surface area contributed by atoms with Gasteiger partial charge in [-0.25, -0.2) is 4.39 Å². The van der Waals surface area contributed by atoms with E-state index < -0.39 is 0 Å². The Balaban J connectivity index is 0.00000784. The van der Waals surface area contributed by atoms with E-state index in [0.29, 0.717) is 45.4 Å². The lowest BCUT2D eigenvalue weighted by Crippen LogP contribution is -2.42. The van der Waals surface area contributed by atoms with Gasteiger partial charge in [-0.1, -0.05) is 25.5 Å². The molecule has 0 heterocycles. The number of rotatable bonds is 14. The van der Waals surface area contributed by atoms with E-state index in [2.05, 4.69) is 27.9 Å². The Bertz CT molecular complexity index is 573. The molecule has 0 aromatic heterocycles. The zero-order chi connectivity index (χ0) is 20.5. The average molecular weight is 524 g/mol. The van der Waals surface area contributed by atoms with Crippen LogP contribution in [0.15, 0.2) is 29.3 Å². The van der Waals surface area contributed by atoms with E-state index in [0.717, 1.165) is 25.0 Å². The summed E-state index contributed by atoms with van der Waals surface area (Å²) < 4.78 is 23.7. The van der Waals surface area contributed by atoms with Gasteiger partial charge in [-0.15, -0.1) is 24.0 Å². The van der Waals surface area contributed by atoms with Gasteiger partial charge in [0.05, 0.1) is 26.2 Å². The van der Waals surface area contributed by atoms with Crippen LogP contribution in [-0.2, 0) is 20.7 Å². The molecule has 0 unspecified atom stereocenters. The number of nitrogens with zero attached hydrogens (tertiary/aromatic N) is 1. The lowest BCUT2D eigenvalue weighted by molar-refractivity contribution is -0.120. The van der Waals surface area contributed by atoms with Crippen molar-refractivity contribution in [3.8, 4) is 0 Å². The number of amides is 1. The second-order valence-electron chi connectivity index (χ2n) is 6.16. The van der Waals surface area contributed by atoms with E-state index in [1.165, 1.54) is 12.1 Å². The molecule has 9 heteroatoms. The van der Waals surface area contributed by atoms with Crippen LogP contribution in [0.5, 0.6) is 0 Å². The summed E-state index contributed by atoms with van der Waals surface area (Å²) >= 11 is 0. The quantitative estimate of drug-likeness (QED) is 0.150. The molecule has 0 radical (unpaired) electrons. The molecular formula is C20H34FIN4O3. The highest BCUT2D eigenvalue weighted by Gasteiger charge is 2.03. The third kappa shape index (κ3) is 15.1. The third-order valence-corrected chi connectivity index (χ3v) is 3.79. The van der Waals surface area contributed by atoms with Crippen molar-refractivity contribution in [2.24, 2.45) is 4.99 Å². The molecule has 1 aromatic rings. The Morgan fingerprint density at radius 2 is 1.59 bits per heavy atom. The highest BCUT2D eigenvalue weighted by molar-refractivity contribution is 14.0. The van der Waals surface area contributed by atoms with Gasteiger partial charge in [-0.05, 0) is 24.1 Å². The van der Waals surface area contributed by atoms with Crippen LogP contribution in [0.2, 0.25) is 0 Å². The number of nitrogens with one attached hydrogen (secondary N) is 3. The normalized spacial score (nSPS) is 10.9. The van der Waals surface area contributed by atoms with Crippen molar-refractivity contribution in [2.45, 2.75) is 26.2 Å².